The van der Waals surface area contributed by atoms with Crippen LogP contribution < -0.4 is 5.73 Å². The Morgan fingerprint density at radius 3 is 3.08 bits per heavy atom. The van der Waals surface area contributed by atoms with E-state index >= 15 is 0 Å². The van der Waals surface area contributed by atoms with Crippen molar-refractivity contribution in [3.05, 3.63) is 36.1 Å². The van der Waals surface area contributed by atoms with E-state index in [9.17, 15) is 4.79 Å². The third kappa shape index (κ3) is 0.955. The average Bonchev–Trinajstić information content (AvgIpc) is 2.46. The van der Waals surface area contributed by atoms with Crippen LogP contribution in [0, 0.1) is 6.07 Å². The summed E-state index contributed by atoms with van der Waals surface area (Å²) in [5.74, 6) is -0.365. The monoisotopic (exact) mass is 160 g/mol. The van der Waals surface area contributed by atoms with E-state index in [0.29, 0.717) is 5.58 Å². The normalized spacial score (nSPS) is 10.3. The van der Waals surface area contributed by atoms with Crippen LogP contribution in [0.5, 0.6) is 0 Å². The Morgan fingerprint density at radius 1 is 1.58 bits per heavy atom. The number of benzene rings is 1. The summed E-state index contributed by atoms with van der Waals surface area (Å²) in [5, 5.41) is 0.839. The molecule has 1 amide bonds. The summed E-state index contributed by atoms with van der Waals surface area (Å²) in [6.45, 7) is 0. The van der Waals surface area contributed by atoms with E-state index in [1.165, 1.54) is 0 Å². The molecular formula is C9H6NO2. The Morgan fingerprint density at radius 2 is 2.42 bits per heavy atom. The molecule has 3 nitrogen and oxygen atoms in total. The molecule has 1 aromatic carbocycles. The molecule has 0 atom stereocenters. The summed E-state index contributed by atoms with van der Waals surface area (Å²) in [4.78, 5) is 10.7. The number of hydrogen-bond acceptors (Lipinski definition) is 2. The average molecular weight is 160 g/mol. The van der Waals surface area contributed by atoms with Gasteiger partial charge in [-0.2, -0.15) is 0 Å². The number of amides is 1. The van der Waals surface area contributed by atoms with Gasteiger partial charge in [0, 0.05) is 5.39 Å². The fraction of sp³-hybridized carbons (Fsp3) is 0. The maximum Gasteiger partial charge on any atom is 0.284 e. The molecule has 0 aliphatic carbocycles. The first-order valence-corrected chi connectivity index (χ1v) is 3.47. The second-order valence-corrected chi connectivity index (χ2v) is 2.44. The second-order valence-electron chi connectivity index (χ2n) is 2.44. The fourth-order valence-corrected chi connectivity index (χ4v) is 1.05. The summed E-state index contributed by atoms with van der Waals surface area (Å²) in [7, 11) is 0. The summed E-state index contributed by atoms with van der Waals surface area (Å²) < 4.78 is 5.13. The number of carbonyl (C=O) groups is 1. The fourth-order valence-electron chi connectivity index (χ4n) is 1.05. The van der Waals surface area contributed by atoms with Gasteiger partial charge in [0.15, 0.2) is 5.76 Å². The molecule has 1 heterocycles. The highest BCUT2D eigenvalue weighted by Gasteiger charge is 2.06. The molecule has 0 saturated carbocycles. The van der Waals surface area contributed by atoms with E-state index in [4.69, 9.17) is 10.2 Å². The quantitative estimate of drug-likeness (QED) is 0.684. The van der Waals surface area contributed by atoms with Gasteiger partial charge in [0.1, 0.15) is 5.58 Å². The minimum absolute atomic E-state index is 0.185. The van der Waals surface area contributed by atoms with E-state index in [2.05, 4.69) is 6.07 Å². The lowest BCUT2D eigenvalue weighted by molar-refractivity contribution is 0.0976. The molecule has 1 aromatic heterocycles. The number of hydrogen-bond donors (Lipinski definition) is 1. The van der Waals surface area contributed by atoms with Crippen LogP contribution in [0.15, 0.2) is 28.7 Å². The molecule has 0 aliphatic rings. The van der Waals surface area contributed by atoms with Crippen LogP contribution in [-0.4, -0.2) is 5.91 Å². The molecule has 2 rings (SSSR count). The second kappa shape index (κ2) is 2.37. The first-order valence-electron chi connectivity index (χ1n) is 3.47. The van der Waals surface area contributed by atoms with Crippen molar-refractivity contribution < 1.29 is 9.21 Å². The number of primary amides is 1. The maximum atomic E-state index is 10.7. The Kier molecular flexibility index (Phi) is 1.37. The molecule has 0 spiro atoms. The predicted molar refractivity (Wildman–Crippen MR) is 43.6 cm³/mol. The van der Waals surface area contributed by atoms with Crippen LogP contribution in [0.2, 0.25) is 0 Å². The van der Waals surface area contributed by atoms with Gasteiger partial charge in [0.2, 0.25) is 0 Å². The third-order valence-electron chi connectivity index (χ3n) is 1.60. The van der Waals surface area contributed by atoms with Crippen molar-refractivity contribution in [1.29, 1.82) is 0 Å². The Hall–Kier alpha value is -1.77. The lowest BCUT2D eigenvalue weighted by Gasteiger charge is -1.83. The zero-order valence-electron chi connectivity index (χ0n) is 6.20. The SMILES string of the molecule is NC(=O)c1cc2c[c]ccc2o1. The molecule has 2 N–H and O–H groups in total. The van der Waals surface area contributed by atoms with Crippen molar-refractivity contribution in [2.24, 2.45) is 5.73 Å². The number of fused-ring (bicyclic) bond motifs is 1. The van der Waals surface area contributed by atoms with Crippen LogP contribution >= 0.6 is 0 Å². The molecule has 0 fully saturated rings. The summed E-state index contributed by atoms with van der Waals surface area (Å²) >= 11 is 0. The van der Waals surface area contributed by atoms with E-state index in [1.807, 2.05) is 0 Å². The highest BCUT2D eigenvalue weighted by atomic mass is 16.3. The number of nitrogens with two attached hydrogens (primary N) is 1. The summed E-state index contributed by atoms with van der Waals surface area (Å²) in [5.41, 5.74) is 5.69. The molecule has 0 saturated heterocycles. The highest BCUT2D eigenvalue weighted by molar-refractivity contribution is 5.94. The van der Waals surface area contributed by atoms with Gasteiger partial charge in [-0.05, 0) is 24.3 Å². The van der Waals surface area contributed by atoms with Crippen molar-refractivity contribution in [3.8, 4) is 0 Å². The zero-order chi connectivity index (χ0) is 8.55. The van der Waals surface area contributed by atoms with Gasteiger partial charge < -0.3 is 10.2 Å². The van der Waals surface area contributed by atoms with E-state index in [0.717, 1.165) is 5.39 Å². The minimum Gasteiger partial charge on any atom is -0.451 e. The van der Waals surface area contributed by atoms with Crippen LogP contribution in [0.3, 0.4) is 0 Å². The lowest BCUT2D eigenvalue weighted by Crippen LogP contribution is -2.08. The van der Waals surface area contributed by atoms with Crippen molar-refractivity contribution in [1.82, 2.24) is 0 Å². The third-order valence-corrected chi connectivity index (χ3v) is 1.60. The van der Waals surface area contributed by atoms with Crippen LogP contribution in [-0.2, 0) is 0 Å². The molecule has 0 bridgehead atoms. The van der Waals surface area contributed by atoms with Crippen LogP contribution in [0.1, 0.15) is 10.6 Å². The van der Waals surface area contributed by atoms with Crippen molar-refractivity contribution >= 4 is 16.9 Å². The van der Waals surface area contributed by atoms with Gasteiger partial charge in [-0.25, -0.2) is 0 Å². The first kappa shape index (κ1) is 6.91. The molecule has 59 valence electrons. The molecule has 12 heavy (non-hydrogen) atoms. The van der Waals surface area contributed by atoms with E-state index in [1.54, 1.807) is 24.3 Å². The Bertz CT molecular complexity index is 398. The standard InChI is InChI=1S/C9H6NO2/c10-9(11)8-5-6-3-1-2-4-7(6)12-8/h2-5H,(H2,10,11). The number of carbonyl (C=O) groups excluding carboxylic acids is 1. The summed E-state index contributed by atoms with van der Waals surface area (Å²) in [6.07, 6.45) is 0. The van der Waals surface area contributed by atoms with Gasteiger partial charge >= 0.3 is 0 Å². The molecule has 0 aliphatic heterocycles. The Labute approximate surface area is 68.8 Å². The van der Waals surface area contributed by atoms with E-state index in [-0.39, 0.29) is 5.76 Å². The molecule has 1 radical (unpaired) electrons. The number of rotatable bonds is 1. The molecule has 3 heteroatoms. The molecular weight excluding hydrogens is 154 g/mol. The van der Waals surface area contributed by atoms with Gasteiger partial charge in [-0.15, -0.1) is 0 Å². The minimum atomic E-state index is -0.550. The number of furan rings is 1. The predicted octanol–water partition coefficient (Wildman–Crippen LogP) is 1.33. The van der Waals surface area contributed by atoms with E-state index < -0.39 is 5.91 Å². The first-order chi connectivity index (χ1) is 5.77. The van der Waals surface area contributed by atoms with Gasteiger partial charge in [0.05, 0.1) is 0 Å². The lowest BCUT2D eigenvalue weighted by atomic mass is 10.2. The topological polar surface area (TPSA) is 56.2 Å². The Balaban J connectivity index is 2.70. The molecule has 0 unspecified atom stereocenters. The van der Waals surface area contributed by atoms with Gasteiger partial charge in [-0.3, -0.25) is 4.79 Å². The largest absolute Gasteiger partial charge is 0.451 e. The van der Waals surface area contributed by atoms with Crippen LogP contribution in [0.25, 0.3) is 11.0 Å². The zero-order valence-corrected chi connectivity index (χ0v) is 6.20. The van der Waals surface area contributed by atoms with Crippen molar-refractivity contribution in [3.63, 3.8) is 0 Å². The van der Waals surface area contributed by atoms with Crippen LogP contribution in [0.4, 0.5) is 0 Å². The van der Waals surface area contributed by atoms with Crippen molar-refractivity contribution in [2.75, 3.05) is 0 Å². The van der Waals surface area contributed by atoms with Crippen molar-refractivity contribution in [2.45, 2.75) is 0 Å². The summed E-state index contributed by atoms with van der Waals surface area (Å²) in [6, 6.07) is 9.68. The van der Waals surface area contributed by atoms with Gasteiger partial charge in [0.25, 0.3) is 5.91 Å². The van der Waals surface area contributed by atoms with Gasteiger partial charge in [-0.1, -0.05) is 6.07 Å². The smallest absolute Gasteiger partial charge is 0.284 e. The molecule has 2 aromatic rings. The maximum absolute atomic E-state index is 10.7. The highest BCUT2D eigenvalue weighted by Crippen LogP contribution is 2.17.